The molecular weight excluding hydrogens is 989 g/mol. The van der Waals surface area contributed by atoms with Gasteiger partial charge in [-0.15, -0.1) is 0 Å². The van der Waals surface area contributed by atoms with Crippen molar-refractivity contribution >= 4 is 63.5 Å². The first-order chi connectivity index (χ1) is 32.3. The molecule has 25 heteroatoms. The molecule has 0 aliphatic carbocycles. The number of unbranched alkanes of at least 4 members (excludes halogenated alkanes) is 2. The molecule has 0 spiro atoms. The molecule has 4 rings (SSSR count). The van der Waals surface area contributed by atoms with Gasteiger partial charge in [-0.1, -0.05) is 6.08 Å². The number of hydrogen-bond donors (Lipinski definition) is 4. The maximum Gasteiger partial charge on any atom is 0.303 e. The second-order valence-electron chi connectivity index (χ2n) is 17.0. The van der Waals surface area contributed by atoms with Gasteiger partial charge >= 0.3 is 5.97 Å². The van der Waals surface area contributed by atoms with E-state index in [1.54, 1.807) is 39.2 Å². The third kappa shape index (κ3) is 17.2. The van der Waals surface area contributed by atoms with E-state index in [1.807, 2.05) is 9.48 Å². The molecule has 2 aromatic carbocycles. The van der Waals surface area contributed by atoms with E-state index in [9.17, 15) is 61.8 Å². The minimum atomic E-state index is -4.95. The van der Waals surface area contributed by atoms with Crippen LogP contribution in [0, 0.1) is 0 Å². The van der Waals surface area contributed by atoms with E-state index >= 15 is 0 Å². The highest BCUT2D eigenvalue weighted by molar-refractivity contribution is 7.86. The van der Waals surface area contributed by atoms with Crippen LogP contribution in [-0.2, 0) is 79.8 Å². The number of anilines is 1. The molecular formula is C44H64N2O19S4. The molecule has 0 radical (unpaired) electrons. The Labute approximate surface area is 405 Å². The molecule has 388 valence electrons. The van der Waals surface area contributed by atoms with Crippen molar-refractivity contribution in [2.24, 2.45) is 0 Å². The average molecular weight is 1050 g/mol. The first kappa shape index (κ1) is 57.9. The lowest BCUT2D eigenvalue weighted by atomic mass is 9.75. The number of carboxylic acids is 1. The Morgan fingerprint density at radius 2 is 1.23 bits per heavy atom. The standard InChI is InChI=1S/C44H64N2O19S4/c1-43(17-8-30-66(49,50)51)36-32-34(68(55,56)57)13-15-38(36)45(19-6-4-5-12-42(47)48)40(43)10-7-11-41-44(2,18-9-31-67(52,53)54)37-33-35(69(58,59)60)14-16-39(37)46(41)20-21-62-24-25-64-28-29-65-27-26-63-23-22-61-3/h7,10-11,13-16,32-33H,4-6,8-9,12,17-31H2,1-3H3,(H4-,47,48,49,50,51,52,53,54,55,56,57,58,59,60). The van der Waals surface area contributed by atoms with Crippen molar-refractivity contribution < 1.29 is 90.0 Å². The van der Waals surface area contributed by atoms with Crippen LogP contribution in [0.1, 0.15) is 76.3 Å². The summed E-state index contributed by atoms with van der Waals surface area (Å²) in [4.78, 5) is 12.2. The Balaban J connectivity index is 1.76. The molecule has 0 fully saturated rings. The van der Waals surface area contributed by atoms with Crippen molar-refractivity contribution in [3.8, 4) is 0 Å². The number of aliphatic carboxylic acids is 1. The van der Waals surface area contributed by atoms with E-state index in [2.05, 4.69) is 0 Å². The van der Waals surface area contributed by atoms with E-state index in [4.69, 9.17) is 23.7 Å². The van der Waals surface area contributed by atoms with E-state index in [1.165, 1.54) is 36.4 Å². The minimum Gasteiger partial charge on any atom is -0.744 e. The van der Waals surface area contributed by atoms with Crippen molar-refractivity contribution in [3.05, 3.63) is 71.5 Å². The smallest absolute Gasteiger partial charge is 0.303 e. The van der Waals surface area contributed by atoms with Crippen LogP contribution < -0.4 is 4.90 Å². The Hall–Kier alpha value is -3.70. The first-order valence-electron chi connectivity index (χ1n) is 22.3. The van der Waals surface area contributed by atoms with Crippen molar-refractivity contribution in [1.82, 2.24) is 0 Å². The molecule has 4 N–H and O–H groups in total. The number of rotatable bonds is 33. The number of ether oxygens (including phenoxy) is 5. The zero-order valence-corrected chi connectivity index (χ0v) is 42.3. The van der Waals surface area contributed by atoms with Crippen LogP contribution >= 0.6 is 0 Å². The molecule has 2 unspecified atom stereocenters. The average Bonchev–Trinajstić information content (AvgIpc) is 3.61. The van der Waals surface area contributed by atoms with Crippen molar-refractivity contribution in [2.75, 3.05) is 96.1 Å². The van der Waals surface area contributed by atoms with E-state index < -0.39 is 78.6 Å². The lowest BCUT2D eigenvalue weighted by Gasteiger charge is -2.30. The largest absolute Gasteiger partial charge is 0.744 e. The second-order valence-corrected chi connectivity index (χ2v) is 22.9. The van der Waals surface area contributed by atoms with Gasteiger partial charge in [-0.2, -0.15) is 29.8 Å². The molecule has 2 aliphatic heterocycles. The molecule has 21 nitrogen and oxygen atoms in total. The maximum absolute atomic E-state index is 12.4. The molecule has 2 aliphatic rings. The number of benzene rings is 2. The van der Waals surface area contributed by atoms with Crippen LogP contribution in [-0.4, -0.2) is 164 Å². The fourth-order valence-electron chi connectivity index (χ4n) is 8.62. The number of hydrogen-bond acceptors (Lipinski definition) is 16. The van der Waals surface area contributed by atoms with Crippen LogP contribution in [0.25, 0.3) is 0 Å². The topological polar surface area (TPSA) is 310 Å². The molecule has 2 heterocycles. The molecule has 69 heavy (non-hydrogen) atoms. The third-order valence-corrected chi connectivity index (χ3v) is 15.2. The monoisotopic (exact) mass is 1050 g/mol. The van der Waals surface area contributed by atoms with Gasteiger partial charge < -0.3 is 38.2 Å². The van der Waals surface area contributed by atoms with E-state index in [0.717, 1.165) is 0 Å². The number of carboxylic acid groups (broad SMARTS) is 1. The van der Waals surface area contributed by atoms with Gasteiger partial charge in [0.25, 0.3) is 30.4 Å². The Kier molecular flexibility index (Phi) is 21.5. The van der Waals surface area contributed by atoms with Gasteiger partial charge in [0.05, 0.1) is 86.2 Å². The predicted molar refractivity (Wildman–Crippen MR) is 252 cm³/mol. The zero-order chi connectivity index (χ0) is 51.1. The fourth-order valence-corrected chi connectivity index (χ4v) is 10.6. The van der Waals surface area contributed by atoms with Crippen molar-refractivity contribution in [2.45, 2.75) is 85.8 Å². The number of fused-ring (bicyclic) bond motifs is 2. The minimum absolute atomic E-state index is 0.0462. The van der Waals surface area contributed by atoms with Gasteiger partial charge in [-0.05, 0) is 94.3 Å². The lowest BCUT2D eigenvalue weighted by molar-refractivity contribution is -0.438. The highest BCUT2D eigenvalue weighted by atomic mass is 32.2. The number of nitrogens with zero attached hydrogens (tertiary/aromatic N) is 2. The Morgan fingerprint density at radius 1 is 0.696 bits per heavy atom. The summed E-state index contributed by atoms with van der Waals surface area (Å²) < 4.78 is 168. The van der Waals surface area contributed by atoms with Gasteiger partial charge in [0.15, 0.2) is 5.71 Å². The summed E-state index contributed by atoms with van der Waals surface area (Å²) in [6.07, 6.45) is 6.38. The molecule has 0 bridgehead atoms. The highest BCUT2D eigenvalue weighted by Gasteiger charge is 2.48. The van der Waals surface area contributed by atoms with E-state index in [0.29, 0.717) is 99.4 Å². The van der Waals surface area contributed by atoms with Crippen molar-refractivity contribution in [1.29, 1.82) is 0 Å². The molecule has 0 aromatic heterocycles. The van der Waals surface area contributed by atoms with Gasteiger partial charge in [0.2, 0.25) is 5.69 Å². The normalized spacial score (nSPS) is 19.3. The SMILES string of the molecule is COCCOCCOCCOCCOCCN1/C(=C/C=C/C2=[N+](CCCCCC(=O)O)c3ccc(S(=O)(=O)O)cc3C2(C)CCCS(=O)(=O)O)C(C)(CCCS(=O)(=O)O)c2cc(S(=O)(=O)[O-])ccc21. The maximum atomic E-state index is 12.4. The summed E-state index contributed by atoms with van der Waals surface area (Å²) in [6.45, 7) is 6.92. The summed E-state index contributed by atoms with van der Waals surface area (Å²) in [5, 5.41) is 9.21. The summed E-state index contributed by atoms with van der Waals surface area (Å²) in [6, 6.07) is 7.95. The summed E-state index contributed by atoms with van der Waals surface area (Å²) in [5.74, 6) is -2.19. The van der Waals surface area contributed by atoms with Crippen LogP contribution in [0.3, 0.4) is 0 Å². The van der Waals surface area contributed by atoms with E-state index in [-0.39, 0.29) is 58.5 Å². The molecule has 0 saturated heterocycles. The van der Waals surface area contributed by atoms with Crippen LogP contribution in [0.15, 0.2) is 70.1 Å². The molecule has 2 atom stereocenters. The third-order valence-electron chi connectivity index (χ3n) is 12.0. The van der Waals surface area contributed by atoms with Crippen molar-refractivity contribution in [3.63, 3.8) is 0 Å². The van der Waals surface area contributed by atoms with Crippen LogP contribution in [0.5, 0.6) is 0 Å². The fraction of sp³-hybridized carbons (Fsp3) is 0.591. The first-order valence-corrected chi connectivity index (χ1v) is 28.3. The molecule has 2 aromatic rings. The Bertz CT molecular complexity index is 2630. The van der Waals surface area contributed by atoms with Gasteiger partial charge in [0.1, 0.15) is 16.7 Å². The summed E-state index contributed by atoms with van der Waals surface area (Å²) in [5.41, 5.74) is 0.593. The summed E-state index contributed by atoms with van der Waals surface area (Å²) in [7, 11) is -16.9. The lowest BCUT2D eigenvalue weighted by Crippen LogP contribution is -2.32. The van der Waals surface area contributed by atoms with Gasteiger partial charge in [0, 0.05) is 61.0 Å². The van der Waals surface area contributed by atoms with Gasteiger partial charge in [-0.3, -0.25) is 18.5 Å². The predicted octanol–water partition coefficient (Wildman–Crippen LogP) is 4.11. The van der Waals surface area contributed by atoms with Crippen LogP contribution in [0.2, 0.25) is 0 Å². The zero-order valence-electron chi connectivity index (χ0n) is 39.0. The van der Waals surface area contributed by atoms with Crippen LogP contribution in [0.4, 0.5) is 11.4 Å². The van der Waals surface area contributed by atoms with Gasteiger partial charge in [-0.25, -0.2) is 8.42 Å². The molecule has 0 saturated carbocycles. The molecule has 0 amide bonds. The number of allylic oxidation sites excluding steroid dienone is 4. The quantitative estimate of drug-likeness (QED) is 0.0444. The number of carbonyl (C=O) groups is 1. The Morgan fingerprint density at radius 3 is 1.77 bits per heavy atom. The number of methoxy groups -OCH3 is 1. The summed E-state index contributed by atoms with van der Waals surface area (Å²) >= 11 is 0. The highest BCUT2D eigenvalue weighted by Crippen LogP contribution is 2.51. The second kappa shape index (κ2) is 25.6.